The van der Waals surface area contributed by atoms with Gasteiger partial charge in [0.1, 0.15) is 5.82 Å². The SMILES string of the molecule is I.NC(=NCc1cccnc1N1CCOCC1)Nc1ccccc1. The van der Waals surface area contributed by atoms with E-state index in [-0.39, 0.29) is 24.0 Å². The van der Waals surface area contributed by atoms with Crippen LogP contribution in [0.1, 0.15) is 5.56 Å². The maximum atomic E-state index is 5.97. The summed E-state index contributed by atoms with van der Waals surface area (Å²) in [7, 11) is 0. The average Bonchev–Trinajstić information content (AvgIpc) is 2.62. The molecular weight excluding hydrogens is 417 g/mol. The lowest BCUT2D eigenvalue weighted by Crippen LogP contribution is -2.37. The van der Waals surface area contributed by atoms with E-state index in [1.807, 2.05) is 48.7 Å². The van der Waals surface area contributed by atoms with Crippen LogP contribution in [0.5, 0.6) is 0 Å². The largest absolute Gasteiger partial charge is 0.378 e. The summed E-state index contributed by atoms with van der Waals surface area (Å²) in [5, 5.41) is 3.08. The fourth-order valence-corrected chi connectivity index (χ4v) is 2.49. The number of benzene rings is 1. The van der Waals surface area contributed by atoms with E-state index in [1.165, 1.54) is 0 Å². The highest BCUT2D eigenvalue weighted by atomic mass is 127. The van der Waals surface area contributed by atoms with Gasteiger partial charge in [-0.05, 0) is 18.2 Å². The third-order valence-corrected chi connectivity index (χ3v) is 3.64. The van der Waals surface area contributed by atoms with Gasteiger partial charge in [-0.3, -0.25) is 0 Å². The summed E-state index contributed by atoms with van der Waals surface area (Å²) in [5.41, 5.74) is 7.95. The number of guanidine groups is 1. The molecular formula is C17H22IN5O. The summed E-state index contributed by atoms with van der Waals surface area (Å²) in [4.78, 5) is 11.2. The van der Waals surface area contributed by atoms with Gasteiger partial charge in [-0.1, -0.05) is 24.3 Å². The van der Waals surface area contributed by atoms with Crippen molar-refractivity contribution in [3.05, 3.63) is 54.2 Å². The minimum absolute atomic E-state index is 0. The molecule has 2 aromatic rings. The molecule has 24 heavy (non-hydrogen) atoms. The Morgan fingerprint density at radius 2 is 1.92 bits per heavy atom. The van der Waals surface area contributed by atoms with E-state index in [1.54, 1.807) is 0 Å². The average molecular weight is 439 g/mol. The van der Waals surface area contributed by atoms with Gasteiger partial charge in [0.25, 0.3) is 0 Å². The molecule has 1 fully saturated rings. The van der Waals surface area contributed by atoms with E-state index < -0.39 is 0 Å². The highest BCUT2D eigenvalue weighted by Gasteiger charge is 2.15. The lowest BCUT2D eigenvalue weighted by molar-refractivity contribution is 0.122. The van der Waals surface area contributed by atoms with E-state index in [0.29, 0.717) is 12.5 Å². The van der Waals surface area contributed by atoms with Crippen molar-refractivity contribution in [3.63, 3.8) is 0 Å². The second-order valence-electron chi connectivity index (χ2n) is 5.28. The van der Waals surface area contributed by atoms with Crippen molar-refractivity contribution in [2.75, 3.05) is 36.5 Å². The molecule has 0 amide bonds. The molecule has 0 unspecified atom stereocenters. The number of aliphatic imine (C=N–C) groups is 1. The van der Waals surface area contributed by atoms with E-state index >= 15 is 0 Å². The number of aromatic nitrogens is 1. The van der Waals surface area contributed by atoms with Gasteiger partial charge < -0.3 is 20.7 Å². The summed E-state index contributed by atoms with van der Waals surface area (Å²) in [6.07, 6.45) is 1.81. The molecule has 2 heterocycles. The number of nitrogens with zero attached hydrogens (tertiary/aromatic N) is 3. The Balaban J connectivity index is 0.00000208. The number of para-hydroxylation sites is 1. The van der Waals surface area contributed by atoms with Crippen LogP contribution in [0, 0.1) is 0 Å². The number of anilines is 2. The van der Waals surface area contributed by atoms with Gasteiger partial charge in [-0.25, -0.2) is 9.98 Å². The zero-order valence-corrected chi connectivity index (χ0v) is 15.7. The van der Waals surface area contributed by atoms with Crippen LogP contribution in [0.15, 0.2) is 53.7 Å². The maximum absolute atomic E-state index is 5.97. The van der Waals surface area contributed by atoms with Crippen molar-refractivity contribution >= 4 is 41.4 Å². The Bertz CT molecular complexity index is 659. The zero-order valence-electron chi connectivity index (χ0n) is 13.4. The first kappa shape index (κ1) is 18.5. The molecule has 1 aliphatic rings. The van der Waals surface area contributed by atoms with Crippen LogP contribution in [0.3, 0.4) is 0 Å². The van der Waals surface area contributed by atoms with Crippen molar-refractivity contribution in [2.24, 2.45) is 10.7 Å². The number of rotatable bonds is 4. The van der Waals surface area contributed by atoms with Gasteiger partial charge >= 0.3 is 0 Å². The van der Waals surface area contributed by atoms with Crippen LogP contribution in [0.2, 0.25) is 0 Å². The molecule has 0 bridgehead atoms. The predicted octanol–water partition coefficient (Wildman–Crippen LogP) is 2.46. The Kier molecular flexibility index (Phi) is 7.26. The Morgan fingerprint density at radius 1 is 1.17 bits per heavy atom. The van der Waals surface area contributed by atoms with Crippen molar-refractivity contribution in [1.82, 2.24) is 4.98 Å². The standard InChI is InChI=1S/C17H21N5O.HI/c18-17(21-15-6-2-1-3-7-15)20-13-14-5-4-8-19-16(14)22-9-11-23-12-10-22;/h1-8H,9-13H2,(H3,18,20,21);1H. The molecule has 0 radical (unpaired) electrons. The second-order valence-corrected chi connectivity index (χ2v) is 5.28. The van der Waals surface area contributed by atoms with Crippen LogP contribution in [0.25, 0.3) is 0 Å². The molecule has 3 N–H and O–H groups in total. The molecule has 3 rings (SSSR count). The number of morpholine rings is 1. The summed E-state index contributed by atoms with van der Waals surface area (Å²) in [6.45, 7) is 3.66. The minimum Gasteiger partial charge on any atom is -0.378 e. The van der Waals surface area contributed by atoms with Gasteiger partial charge in [0.05, 0.1) is 19.8 Å². The molecule has 1 aromatic heterocycles. The number of ether oxygens (including phenoxy) is 1. The number of pyridine rings is 1. The first-order valence-corrected chi connectivity index (χ1v) is 7.71. The maximum Gasteiger partial charge on any atom is 0.193 e. The van der Waals surface area contributed by atoms with Crippen LogP contribution < -0.4 is 16.0 Å². The fraction of sp³-hybridized carbons (Fsp3) is 0.294. The van der Waals surface area contributed by atoms with Crippen molar-refractivity contribution in [2.45, 2.75) is 6.54 Å². The van der Waals surface area contributed by atoms with Crippen LogP contribution in [-0.4, -0.2) is 37.2 Å². The molecule has 1 saturated heterocycles. The highest BCUT2D eigenvalue weighted by molar-refractivity contribution is 14.0. The number of nitrogens with two attached hydrogens (primary N) is 1. The predicted molar refractivity (Wildman–Crippen MR) is 108 cm³/mol. The second kappa shape index (κ2) is 9.43. The molecule has 0 aliphatic carbocycles. The molecule has 6 nitrogen and oxygen atoms in total. The minimum atomic E-state index is 0. The first-order chi connectivity index (χ1) is 11.3. The number of halogens is 1. The first-order valence-electron chi connectivity index (χ1n) is 7.71. The lowest BCUT2D eigenvalue weighted by atomic mass is 10.2. The zero-order chi connectivity index (χ0) is 15.9. The van der Waals surface area contributed by atoms with Gasteiger partial charge in [-0.15, -0.1) is 24.0 Å². The van der Waals surface area contributed by atoms with E-state index in [9.17, 15) is 0 Å². The van der Waals surface area contributed by atoms with Crippen LogP contribution in [0.4, 0.5) is 11.5 Å². The lowest BCUT2D eigenvalue weighted by Gasteiger charge is -2.29. The Labute approximate surface area is 159 Å². The van der Waals surface area contributed by atoms with E-state index in [2.05, 4.69) is 20.2 Å². The molecule has 1 aliphatic heterocycles. The van der Waals surface area contributed by atoms with Gasteiger partial charge in [0.2, 0.25) is 0 Å². The van der Waals surface area contributed by atoms with Crippen LogP contribution >= 0.6 is 24.0 Å². The van der Waals surface area contributed by atoms with E-state index in [4.69, 9.17) is 10.5 Å². The number of hydrogen-bond donors (Lipinski definition) is 2. The third-order valence-electron chi connectivity index (χ3n) is 3.64. The Morgan fingerprint density at radius 3 is 2.67 bits per heavy atom. The third kappa shape index (κ3) is 5.07. The fourth-order valence-electron chi connectivity index (χ4n) is 2.49. The molecule has 128 valence electrons. The molecule has 7 heteroatoms. The Hall–Kier alpha value is -1.87. The van der Waals surface area contributed by atoms with Crippen molar-refractivity contribution < 1.29 is 4.74 Å². The van der Waals surface area contributed by atoms with Gasteiger partial charge in [0.15, 0.2) is 5.96 Å². The molecule has 1 aromatic carbocycles. The highest BCUT2D eigenvalue weighted by Crippen LogP contribution is 2.19. The summed E-state index contributed by atoms with van der Waals surface area (Å²) < 4.78 is 5.40. The van der Waals surface area contributed by atoms with Crippen molar-refractivity contribution in [3.8, 4) is 0 Å². The van der Waals surface area contributed by atoms with Crippen molar-refractivity contribution in [1.29, 1.82) is 0 Å². The summed E-state index contributed by atoms with van der Waals surface area (Å²) >= 11 is 0. The topological polar surface area (TPSA) is 75.8 Å². The van der Waals surface area contributed by atoms with Gasteiger partial charge in [0, 0.05) is 30.5 Å². The smallest absolute Gasteiger partial charge is 0.193 e. The van der Waals surface area contributed by atoms with Crippen LogP contribution in [-0.2, 0) is 11.3 Å². The summed E-state index contributed by atoms with van der Waals surface area (Å²) in [6, 6.07) is 13.7. The van der Waals surface area contributed by atoms with Gasteiger partial charge in [-0.2, -0.15) is 0 Å². The number of hydrogen-bond acceptors (Lipinski definition) is 4. The molecule has 0 spiro atoms. The quantitative estimate of drug-likeness (QED) is 0.435. The number of nitrogens with one attached hydrogen (secondary N) is 1. The monoisotopic (exact) mass is 439 g/mol. The van der Waals surface area contributed by atoms with E-state index in [0.717, 1.165) is 43.4 Å². The summed E-state index contributed by atoms with van der Waals surface area (Å²) in [5.74, 6) is 1.36. The normalized spacial score (nSPS) is 14.8. The molecule has 0 saturated carbocycles. The molecule has 0 atom stereocenters.